The molecule has 0 N–H and O–H groups in total. The smallest absolute Gasteiger partial charge is 0.355 e. The van der Waals surface area contributed by atoms with Crippen molar-refractivity contribution >= 4 is 14.5 Å². The average Bonchev–Trinajstić information content (AvgIpc) is 2.31. The van der Waals surface area contributed by atoms with Gasteiger partial charge in [0.2, 0.25) is 0 Å². The van der Waals surface area contributed by atoms with Gasteiger partial charge in [0.15, 0.2) is 0 Å². The summed E-state index contributed by atoms with van der Waals surface area (Å²) < 4.78 is 11.5. The van der Waals surface area contributed by atoms with Crippen molar-refractivity contribution < 1.29 is 8.85 Å². The minimum absolute atomic E-state index is 0.606. The Labute approximate surface area is 100 Å². The first-order valence-corrected chi connectivity index (χ1v) is 7.41. The predicted molar refractivity (Wildman–Crippen MR) is 70.4 cm³/mol. The van der Waals surface area contributed by atoms with Crippen LogP contribution in [-0.2, 0) is 8.85 Å². The van der Waals surface area contributed by atoms with Gasteiger partial charge in [-0.15, -0.1) is 0 Å². The van der Waals surface area contributed by atoms with Gasteiger partial charge in [0, 0.05) is 13.7 Å². The second-order valence-electron chi connectivity index (χ2n) is 4.27. The fourth-order valence-corrected chi connectivity index (χ4v) is 3.31. The van der Waals surface area contributed by atoms with Crippen LogP contribution in [0.5, 0.6) is 0 Å². The van der Waals surface area contributed by atoms with E-state index in [1.807, 2.05) is 6.07 Å². The maximum absolute atomic E-state index is 5.93. The molecule has 2 nitrogen and oxygen atoms in total. The first kappa shape index (κ1) is 13.4. The highest BCUT2D eigenvalue weighted by molar-refractivity contribution is 6.61. The van der Waals surface area contributed by atoms with Gasteiger partial charge in [0.1, 0.15) is 0 Å². The molecule has 90 valence electrons. The minimum Gasteiger partial charge on any atom is -0.397 e. The zero-order chi connectivity index (χ0) is 12.0. The number of benzene rings is 1. The molecule has 0 amide bonds. The zero-order valence-electron chi connectivity index (χ0n) is 10.7. The Balaban J connectivity index is 2.64. The molecule has 0 saturated heterocycles. The molecular formula is C13H22O2Si. The largest absolute Gasteiger partial charge is 0.397 e. The number of hydrogen-bond donors (Lipinski definition) is 0. The Morgan fingerprint density at radius 1 is 1.31 bits per heavy atom. The molecule has 16 heavy (non-hydrogen) atoms. The lowest BCUT2D eigenvalue weighted by molar-refractivity contribution is 0.204. The molecule has 1 aromatic carbocycles. The van der Waals surface area contributed by atoms with Crippen molar-refractivity contribution in [1.82, 2.24) is 0 Å². The van der Waals surface area contributed by atoms with Gasteiger partial charge in [-0.1, -0.05) is 44.5 Å². The maximum atomic E-state index is 5.93. The second-order valence-corrected chi connectivity index (χ2v) is 6.36. The Kier molecular flexibility index (Phi) is 5.73. The first-order chi connectivity index (χ1) is 7.69. The molecule has 0 spiro atoms. The molecule has 0 aliphatic rings. The monoisotopic (exact) mass is 238 g/mol. The van der Waals surface area contributed by atoms with Crippen molar-refractivity contribution in [3.8, 4) is 0 Å². The molecular weight excluding hydrogens is 216 g/mol. The summed E-state index contributed by atoms with van der Waals surface area (Å²) >= 11 is 0. The second kappa shape index (κ2) is 6.84. The van der Waals surface area contributed by atoms with Crippen molar-refractivity contribution in [2.75, 3.05) is 13.7 Å². The normalized spacial score (nSPS) is 14.8. The van der Waals surface area contributed by atoms with E-state index >= 15 is 0 Å². The molecule has 0 aromatic heterocycles. The lowest BCUT2D eigenvalue weighted by Gasteiger charge is -2.18. The van der Waals surface area contributed by atoms with Crippen LogP contribution in [0.4, 0.5) is 0 Å². The van der Waals surface area contributed by atoms with Gasteiger partial charge in [-0.25, -0.2) is 0 Å². The van der Waals surface area contributed by atoms with Gasteiger partial charge < -0.3 is 8.85 Å². The van der Waals surface area contributed by atoms with Gasteiger partial charge in [-0.2, -0.15) is 0 Å². The third-order valence-corrected chi connectivity index (χ3v) is 4.96. The highest BCUT2D eigenvalue weighted by Gasteiger charge is 2.17. The van der Waals surface area contributed by atoms with Gasteiger partial charge in [-0.3, -0.25) is 0 Å². The fourth-order valence-electron chi connectivity index (χ4n) is 1.51. The van der Waals surface area contributed by atoms with Crippen molar-refractivity contribution in [3.63, 3.8) is 0 Å². The summed E-state index contributed by atoms with van der Waals surface area (Å²) in [6.45, 7) is 7.31. The molecule has 0 radical (unpaired) electrons. The molecule has 0 fully saturated rings. The van der Waals surface area contributed by atoms with E-state index in [-0.39, 0.29) is 0 Å². The van der Waals surface area contributed by atoms with E-state index < -0.39 is 9.28 Å². The Bertz CT molecular complexity index is 315. The minimum atomic E-state index is -1.68. The summed E-state index contributed by atoms with van der Waals surface area (Å²) in [5.41, 5.74) is 1.27. The Morgan fingerprint density at radius 3 is 2.56 bits per heavy atom. The topological polar surface area (TPSA) is 18.5 Å². The van der Waals surface area contributed by atoms with Crippen LogP contribution in [0, 0.1) is 12.8 Å². The number of hydrogen-bond acceptors (Lipinski definition) is 2. The van der Waals surface area contributed by atoms with Crippen LogP contribution in [0.25, 0.3) is 0 Å². The molecule has 3 heteroatoms. The van der Waals surface area contributed by atoms with Crippen LogP contribution in [-0.4, -0.2) is 23.0 Å². The molecule has 1 aromatic rings. The summed E-state index contributed by atoms with van der Waals surface area (Å²) in [6, 6.07) is 8.33. The molecule has 2 unspecified atom stereocenters. The van der Waals surface area contributed by atoms with Crippen molar-refractivity contribution in [1.29, 1.82) is 0 Å². The molecule has 2 atom stereocenters. The van der Waals surface area contributed by atoms with E-state index in [0.29, 0.717) is 5.92 Å². The van der Waals surface area contributed by atoms with Crippen molar-refractivity contribution in [2.45, 2.75) is 27.2 Å². The van der Waals surface area contributed by atoms with Crippen LogP contribution in [0.2, 0.25) is 0 Å². The van der Waals surface area contributed by atoms with E-state index in [4.69, 9.17) is 8.85 Å². The Hall–Kier alpha value is -0.643. The Morgan fingerprint density at radius 2 is 2.00 bits per heavy atom. The first-order valence-electron chi connectivity index (χ1n) is 5.89. The van der Waals surface area contributed by atoms with Gasteiger partial charge >= 0.3 is 9.28 Å². The van der Waals surface area contributed by atoms with Crippen LogP contribution >= 0.6 is 0 Å². The summed E-state index contributed by atoms with van der Waals surface area (Å²) in [6.07, 6.45) is 1.15. The van der Waals surface area contributed by atoms with Crippen LogP contribution in [0.1, 0.15) is 25.8 Å². The zero-order valence-corrected chi connectivity index (χ0v) is 11.8. The molecule has 0 heterocycles. The number of rotatable bonds is 6. The fraction of sp³-hybridized carbons (Fsp3) is 0.538. The SMILES string of the molecule is CCC(C)CO[SiH](OC)c1ccccc1C. The average molecular weight is 238 g/mol. The maximum Gasteiger partial charge on any atom is 0.355 e. The third kappa shape index (κ3) is 3.74. The molecule has 0 bridgehead atoms. The highest BCUT2D eigenvalue weighted by atomic mass is 28.3. The summed E-state index contributed by atoms with van der Waals surface area (Å²) in [7, 11) is 0.0693. The summed E-state index contributed by atoms with van der Waals surface area (Å²) in [5.74, 6) is 0.606. The van der Waals surface area contributed by atoms with E-state index in [1.165, 1.54) is 10.8 Å². The lowest BCUT2D eigenvalue weighted by Crippen LogP contribution is -2.38. The van der Waals surface area contributed by atoms with Crippen LogP contribution in [0.15, 0.2) is 24.3 Å². The van der Waals surface area contributed by atoms with E-state index in [0.717, 1.165) is 13.0 Å². The molecule has 0 aliphatic carbocycles. The molecule has 0 saturated carbocycles. The lowest BCUT2D eigenvalue weighted by atomic mass is 10.1. The van der Waals surface area contributed by atoms with Gasteiger partial charge in [0.25, 0.3) is 0 Å². The standard InChI is InChI=1S/C13H22O2Si/c1-5-11(2)10-15-16(14-4)13-9-7-6-8-12(13)3/h6-9,11,16H,5,10H2,1-4H3. The van der Waals surface area contributed by atoms with E-state index in [1.54, 1.807) is 7.11 Å². The van der Waals surface area contributed by atoms with Crippen LogP contribution < -0.4 is 5.19 Å². The number of aryl methyl sites for hydroxylation is 1. The molecule has 0 aliphatic heterocycles. The van der Waals surface area contributed by atoms with Crippen molar-refractivity contribution in [2.24, 2.45) is 5.92 Å². The quantitative estimate of drug-likeness (QED) is 0.707. The third-order valence-electron chi connectivity index (χ3n) is 2.89. The molecule has 1 rings (SSSR count). The van der Waals surface area contributed by atoms with Gasteiger partial charge in [-0.05, 0) is 23.6 Å². The highest BCUT2D eigenvalue weighted by Crippen LogP contribution is 2.04. The van der Waals surface area contributed by atoms with Crippen molar-refractivity contribution in [3.05, 3.63) is 29.8 Å². The summed E-state index contributed by atoms with van der Waals surface area (Å²) in [4.78, 5) is 0. The summed E-state index contributed by atoms with van der Waals surface area (Å²) in [5, 5.41) is 1.26. The predicted octanol–water partition coefficient (Wildman–Crippen LogP) is 2.13. The van der Waals surface area contributed by atoms with E-state index in [9.17, 15) is 0 Å². The van der Waals surface area contributed by atoms with Gasteiger partial charge in [0.05, 0.1) is 0 Å². The van der Waals surface area contributed by atoms with Crippen LogP contribution in [0.3, 0.4) is 0 Å². The van der Waals surface area contributed by atoms with E-state index in [2.05, 4.69) is 39.0 Å².